The van der Waals surface area contributed by atoms with E-state index in [1.165, 1.54) is 18.2 Å². The van der Waals surface area contributed by atoms with Gasteiger partial charge in [-0.1, -0.05) is 12.1 Å². The van der Waals surface area contributed by atoms with E-state index in [0.29, 0.717) is 31.0 Å². The highest BCUT2D eigenvalue weighted by molar-refractivity contribution is 5.93. The summed E-state index contributed by atoms with van der Waals surface area (Å²) in [7, 11) is 0. The van der Waals surface area contributed by atoms with Gasteiger partial charge in [0.05, 0.1) is 29.9 Å². The maximum atomic E-state index is 13.4. The van der Waals surface area contributed by atoms with Crippen LogP contribution in [0.1, 0.15) is 11.6 Å². The van der Waals surface area contributed by atoms with Crippen LogP contribution in [0.4, 0.5) is 15.8 Å². The molecule has 0 aliphatic carbocycles. The highest BCUT2D eigenvalue weighted by Crippen LogP contribution is 2.30. The van der Waals surface area contributed by atoms with Gasteiger partial charge in [-0.3, -0.25) is 15.0 Å². The fraction of sp³-hybridized carbons (Fsp3) is 0.333. The van der Waals surface area contributed by atoms with Crippen molar-refractivity contribution in [3.8, 4) is 0 Å². The lowest BCUT2D eigenvalue weighted by atomic mass is 10.0. The number of ether oxygens (including phenoxy) is 1. The van der Waals surface area contributed by atoms with Gasteiger partial charge in [0.1, 0.15) is 5.82 Å². The number of nitro benzene ring substituents is 1. The largest absolute Gasteiger partial charge is 0.381 e. The molecule has 1 aliphatic heterocycles. The lowest BCUT2D eigenvalue weighted by Crippen LogP contribution is -2.41. The quantitative estimate of drug-likeness (QED) is 0.508. The van der Waals surface area contributed by atoms with Gasteiger partial charge in [0.25, 0.3) is 0 Å². The van der Waals surface area contributed by atoms with E-state index in [9.17, 15) is 14.5 Å². The summed E-state index contributed by atoms with van der Waals surface area (Å²) in [6, 6.07) is 9.33. The van der Waals surface area contributed by atoms with Gasteiger partial charge < -0.3 is 10.1 Å². The Balaban J connectivity index is 1.60. The van der Waals surface area contributed by atoms with Gasteiger partial charge in [-0.2, -0.15) is 0 Å². The molecule has 1 saturated heterocycles. The average molecular weight is 387 g/mol. The van der Waals surface area contributed by atoms with Crippen molar-refractivity contribution in [1.29, 1.82) is 0 Å². The first-order chi connectivity index (χ1) is 13.6. The standard InChI is InChI=1S/C18H18FN5O4/c19-13-3-1-12(2-4-13)16(23-7-9-27-10-8-23)11-20-14-5-6-15(24(25)26)18-17(14)21-28-22-18/h1-6,16,20H,7-11H2. The van der Waals surface area contributed by atoms with Gasteiger partial charge in [-0.15, -0.1) is 0 Å². The van der Waals surface area contributed by atoms with Crippen molar-refractivity contribution in [3.63, 3.8) is 0 Å². The first-order valence-electron chi connectivity index (χ1n) is 8.84. The summed E-state index contributed by atoms with van der Waals surface area (Å²) in [6.45, 7) is 3.26. The minimum absolute atomic E-state index is 0.0328. The van der Waals surface area contributed by atoms with Crippen LogP contribution in [0.2, 0.25) is 0 Å². The summed E-state index contributed by atoms with van der Waals surface area (Å²) >= 11 is 0. The lowest BCUT2D eigenvalue weighted by Gasteiger charge is -2.35. The number of rotatable bonds is 6. The number of nitro groups is 1. The van der Waals surface area contributed by atoms with Crippen molar-refractivity contribution < 1.29 is 18.7 Å². The zero-order valence-electron chi connectivity index (χ0n) is 14.9. The average Bonchev–Trinajstić information content (AvgIpc) is 3.20. The van der Waals surface area contributed by atoms with E-state index >= 15 is 0 Å². The Kier molecular flexibility index (Phi) is 5.13. The zero-order valence-corrected chi connectivity index (χ0v) is 14.9. The molecule has 0 spiro atoms. The molecular formula is C18H18FN5O4. The summed E-state index contributed by atoms with van der Waals surface area (Å²) in [4.78, 5) is 12.9. The number of aromatic nitrogens is 2. The van der Waals surface area contributed by atoms with Gasteiger partial charge in [0.15, 0.2) is 5.52 Å². The van der Waals surface area contributed by atoms with Gasteiger partial charge >= 0.3 is 5.69 Å². The zero-order chi connectivity index (χ0) is 19.5. The summed E-state index contributed by atoms with van der Waals surface area (Å²) < 4.78 is 23.5. The van der Waals surface area contributed by atoms with Crippen molar-refractivity contribution >= 4 is 22.4 Å². The molecule has 1 atom stereocenters. The molecule has 0 bridgehead atoms. The Morgan fingerprint density at radius 1 is 1.14 bits per heavy atom. The van der Waals surface area contributed by atoms with Crippen molar-refractivity contribution in [1.82, 2.24) is 15.2 Å². The van der Waals surface area contributed by atoms with Crippen LogP contribution in [-0.2, 0) is 4.74 Å². The Labute approximate surface area is 159 Å². The predicted molar refractivity (Wildman–Crippen MR) is 98.5 cm³/mol. The molecular weight excluding hydrogens is 369 g/mol. The molecule has 1 aromatic heterocycles. The fourth-order valence-corrected chi connectivity index (χ4v) is 3.38. The summed E-state index contributed by atoms with van der Waals surface area (Å²) in [6.07, 6.45) is 0. The first kappa shape index (κ1) is 18.3. The number of hydrogen-bond acceptors (Lipinski definition) is 8. The smallest absolute Gasteiger partial charge is 0.300 e. The second-order valence-corrected chi connectivity index (χ2v) is 6.45. The van der Waals surface area contributed by atoms with E-state index in [-0.39, 0.29) is 23.1 Å². The third-order valence-corrected chi connectivity index (χ3v) is 4.82. The number of non-ortho nitro benzene ring substituents is 1. The third-order valence-electron chi connectivity index (χ3n) is 4.82. The highest BCUT2D eigenvalue weighted by atomic mass is 19.1. The van der Waals surface area contributed by atoms with E-state index in [1.54, 1.807) is 18.2 Å². The number of fused-ring (bicyclic) bond motifs is 1. The molecule has 0 saturated carbocycles. The van der Waals surface area contributed by atoms with E-state index in [0.717, 1.165) is 18.7 Å². The van der Waals surface area contributed by atoms with Crippen LogP contribution in [0.5, 0.6) is 0 Å². The molecule has 146 valence electrons. The summed E-state index contributed by atoms with van der Waals surface area (Å²) in [5, 5.41) is 21.9. The number of nitrogens with zero attached hydrogens (tertiary/aromatic N) is 4. The molecule has 1 unspecified atom stereocenters. The minimum Gasteiger partial charge on any atom is -0.381 e. The summed E-state index contributed by atoms with van der Waals surface area (Å²) in [5.74, 6) is -0.289. The molecule has 0 amide bonds. The van der Waals surface area contributed by atoms with Crippen LogP contribution in [0.3, 0.4) is 0 Å². The van der Waals surface area contributed by atoms with Crippen molar-refractivity contribution in [3.05, 3.63) is 57.9 Å². The monoisotopic (exact) mass is 387 g/mol. The second kappa shape index (κ2) is 7.87. The number of anilines is 1. The predicted octanol–water partition coefficient (Wildman–Crippen LogP) is 2.76. The Morgan fingerprint density at radius 2 is 1.86 bits per heavy atom. The van der Waals surface area contributed by atoms with E-state index in [4.69, 9.17) is 9.37 Å². The molecule has 10 heteroatoms. The number of halogens is 1. The first-order valence-corrected chi connectivity index (χ1v) is 8.84. The molecule has 3 aromatic rings. The van der Waals surface area contributed by atoms with Gasteiger partial charge in [-0.25, -0.2) is 9.02 Å². The van der Waals surface area contributed by atoms with Gasteiger partial charge in [-0.05, 0) is 34.1 Å². The van der Waals surface area contributed by atoms with Crippen molar-refractivity contribution in [2.75, 3.05) is 38.2 Å². The second-order valence-electron chi connectivity index (χ2n) is 6.45. The fourth-order valence-electron chi connectivity index (χ4n) is 3.38. The van der Waals surface area contributed by atoms with Crippen LogP contribution in [0, 0.1) is 15.9 Å². The minimum atomic E-state index is -0.522. The van der Waals surface area contributed by atoms with Crippen LogP contribution < -0.4 is 5.32 Å². The summed E-state index contributed by atoms with van der Waals surface area (Å²) in [5.41, 5.74) is 1.79. The molecule has 2 aromatic carbocycles. The number of nitrogens with one attached hydrogen (secondary N) is 1. The Hall–Kier alpha value is -3.11. The number of hydrogen-bond donors (Lipinski definition) is 1. The van der Waals surface area contributed by atoms with Crippen molar-refractivity contribution in [2.24, 2.45) is 0 Å². The van der Waals surface area contributed by atoms with Crippen molar-refractivity contribution in [2.45, 2.75) is 6.04 Å². The molecule has 28 heavy (non-hydrogen) atoms. The maximum Gasteiger partial charge on any atom is 0.300 e. The van der Waals surface area contributed by atoms with Gasteiger partial charge in [0.2, 0.25) is 5.52 Å². The molecule has 9 nitrogen and oxygen atoms in total. The number of morpholine rings is 1. The molecule has 1 fully saturated rings. The lowest BCUT2D eigenvalue weighted by molar-refractivity contribution is -0.383. The van der Waals surface area contributed by atoms with Gasteiger partial charge in [0, 0.05) is 25.7 Å². The Morgan fingerprint density at radius 3 is 2.57 bits per heavy atom. The number of benzene rings is 2. The highest BCUT2D eigenvalue weighted by Gasteiger charge is 2.24. The van der Waals surface area contributed by atoms with E-state index in [1.807, 2.05) is 0 Å². The van der Waals surface area contributed by atoms with Crippen LogP contribution in [-0.4, -0.2) is 53.0 Å². The molecule has 4 rings (SSSR count). The topological polar surface area (TPSA) is 107 Å². The van der Waals surface area contributed by atoms with E-state index < -0.39 is 4.92 Å². The molecule has 2 heterocycles. The SMILES string of the molecule is O=[N+]([O-])c1ccc(NCC(c2ccc(F)cc2)N2CCOCC2)c2nonc12. The third kappa shape index (κ3) is 3.64. The molecule has 0 radical (unpaired) electrons. The molecule has 1 aliphatic rings. The molecule has 1 N–H and O–H groups in total. The maximum absolute atomic E-state index is 13.4. The van der Waals surface area contributed by atoms with Crippen LogP contribution in [0.25, 0.3) is 11.0 Å². The Bertz CT molecular complexity index is 972. The van der Waals surface area contributed by atoms with Crippen LogP contribution in [0.15, 0.2) is 41.0 Å². The normalized spacial score (nSPS) is 16.2. The van der Waals surface area contributed by atoms with E-state index in [2.05, 4.69) is 20.5 Å². The van der Waals surface area contributed by atoms with Crippen LogP contribution >= 0.6 is 0 Å².